The molecule has 0 unspecified atom stereocenters. The number of benzene rings is 1. The van der Waals surface area contributed by atoms with Crippen molar-refractivity contribution in [3.05, 3.63) is 40.7 Å². The van der Waals surface area contributed by atoms with Gasteiger partial charge >= 0.3 is 0 Å². The molecule has 1 aromatic rings. The van der Waals surface area contributed by atoms with Crippen LogP contribution in [-0.2, 0) is 0 Å². The Bertz CT molecular complexity index is 233. The van der Waals surface area contributed by atoms with Gasteiger partial charge in [-0.15, -0.1) is 0 Å². The Labute approximate surface area is 57.6 Å². The summed E-state index contributed by atoms with van der Waals surface area (Å²) in [5.41, 5.74) is 0.248. The third-order valence-electron chi connectivity index (χ3n) is 1.05. The first kappa shape index (κ1) is 6.54. The maximum atomic E-state index is 10.5. The summed E-state index contributed by atoms with van der Waals surface area (Å²) in [7, 11) is 0. The van der Waals surface area contributed by atoms with E-state index in [0.717, 1.165) is 0 Å². The SMILES string of the molecule is [O-]/N=[N+](\[O-])c1ccccc1. The Hall–Kier alpha value is -1.58. The molecule has 0 saturated heterocycles. The Kier molecular flexibility index (Phi) is 1.84. The van der Waals surface area contributed by atoms with Crippen LogP contribution in [0, 0.1) is 10.4 Å². The van der Waals surface area contributed by atoms with Crippen LogP contribution >= 0.6 is 0 Å². The second-order valence-corrected chi connectivity index (χ2v) is 1.69. The number of hydrogen-bond donors (Lipinski definition) is 0. The Morgan fingerprint density at radius 1 is 1.20 bits per heavy atom. The van der Waals surface area contributed by atoms with Gasteiger partial charge in [0.05, 0.1) is 0 Å². The van der Waals surface area contributed by atoms with Crippen LogP contribution in [0.15, 0.2) is 35.6 Å². The molecule has 4 nitrogen and oxygen atoms in total. The van der Waals surface area contributed by atoms with E-state index in [1.54, 1.807) is 18.2 Å². The van der Waals surface area contributed by atoms with Crippen molar-refractivity contribution in [2.24, 2.45) is 5.28 Å². The number of nitrogens with zero attached hydrogens (tertiary/aromatic N) is 2. The minimum atomic E-state index is 0.0278. The molecule has 0 spiro atoms. The van der Waals surface area contributed by atoms with Gasteiger partial charge in [-0.2, -0.15) is 0 Å². The van der Waals surface area contributed by atoms with Crippen molar-refractivity contribution in [1.82, 2.24) is 0 Å². The van der Waals surface area contributed by atoms with Crippen LogP contribution in [-0.4, -0.2) is 4.86 Å². The zero-order valence-electron chi connectivity index (χ0n) is 5.10. The van der Waals surface area contributed by atoms with Crippen LogP contribution in [0.1, 0.15) is 0 Å². The summed E-state index contributed by atoms with van der Waals surface area (Å²) in [6.07, 6.45) is 0. The normalized spacial score (nSPS) is 11.4. The van der Waals surface area contributed by atoms with E-state index in [1.165, 1.54) is 12.1 Å². The monoisotopic (exact) mass is 137 g/mol. The summed E-state index contributed by atoms with van der Waals surface area (Å²) >= 11 is 0. The highest BCUT2D eigenvalue weighted by Crippen LogP contribution is 2.08. The average molecular weight is 137 g/mol. The van der Waals surface area contributed by atoms with Crippen molar-refractivity contribution >= 4 is 5.69 Å². The molecule has 4 heteroatoms. The average Bonchev–Trinajstić information content (AvgIpc) is 2.05. The first-order chi connectivity index (χ1) is 4.84. The summed E-state index contributed by atoms with van der Waals surface area (Å²) in [5.74, 6) is 0. The lowest BCUT2D eigenvalue weighted by Gasteiger charge is -1.98. The Balaban J connectivity index is 2.96. The van der Waals surface area contributed by atoms with E-state index < -0.39 is 0 Å². The largest absolute Gasteiger partial charge is 0.739 e. The van der Waals surface area contributed by atoms with Crippen molar-refractivity contribution in [2.45, 2.75) is 0 Å². The maximum absolute atomic E-state index is 10.5. The minimum Gasteiger partial charge on any atom is -0.739 e. The summed E-state index contributed by atoms with van der Waals surface area (Å²) in [4.78, 5) is 0.0278. The first-order valence-corrected chi connectivity index (χ1v) is 2.70. The smallest absolute Gasteiger partial charge is 0.244 e. The van der Waals surface area contributed by atoms with E-state index in [2.05, 4.69) is 5.28 Å². The van der Waals surface area contributed by atoms with Gasteiger partial charge in [0.15, 0.2) is 0 Å². The van der Waals surface area contributed by atoms with Gasteiger partial charge in [-0.05, 0) is 5.28 Å². The molecule has 10 heavy (non-hydrogen) atoms. The molecule has 1 rings (SSSR count). The summed E-state index contributed by atoms with van der Waals surface area (Å²) < 4.78 is 0. The molecule has 0 radical (unpaired) electrons. The molecule has 0 fully saturated rings. The van der Waals surface area contributed by atoms with E-state index in [1.807, 2.05) is 0 Å². The Morgan fingerprint density at radius 3 is 2.30 bits per heavy atom. The van der Waals surface area contributed by atoms with Crippen molar-refractivity contribution < 1.29 is 4.86 Å². The van der Waals surface area contributed by atoms with Crippen molar-refractivity contribution in [3.63, 3.8) is 0 Å². The lowest BCUT2D eigenvalue weighted by molar-refractivity contribution is -0.436. The predicted octanol–water partition coefficient (Wildman–Crippen LogP) is 1.78. The highest BCUT2D eigenvalue weighted by Gasteiger charge is 1.95. The molecular formula is C6H5N2O2-. The van der Waals surface area contributed by atoms with Crippen LogP contribution < -0.4 is 0 Å². The van der Waals surface area contributed by atoms with Gasteiger partial charge in [0.1, 0.15) is 0 Å². The van der Waals surface area contributed by atoms with Gasteiger partial charge < -0.3 is 10.4 Å². The van der Waals surface area contributed by atoms with Gasteiger partial charge in [0.2, 0.25) is 5.69 Å². The number of para-hydroxylation sites is 1. The van der Waals surface area contributed by atoms with Crippen LogP contribution in [0.25, 0.3) is 0 Å². The molecule has 0 atom stereocenters. The second kappa shape index (κ2) is 2.82. The minimum absolute atomic E-state index is 0.0278. The molecule has 0 N–H and O–H groups in total. The first-order valence-electron chi connectivity index (χ1n) is 2.70. The molecule has 0 heterocycles. The Morgan fingerprint density at radius 2 is 1.80 bits per heavy atom. The van der Waals surface area contributed by atoms with Crippen LogP contribution in [0.3, 0.4) is 0 Å². The number of hydrogen-bond acceptors (Lipinski definition) is 3. The molecule has 0 aliphatic rings. The molecule has 0 aromatic heterocycles. The topological polar surface area (TPSA) is 61.5 Å². The fourth-order valence-electron chi connectivity index (χ4n) is 0.603. The fourth-order valence-corrected chi connectivity index (χ4v) is 0.603. The van der Waals surface area contributed by atoms with E-state index in [0.29, 0.717) is 0 Å². The third kappa shape index (κ3) is 1.22. The van der Waals surface area contributed by atoms with E-state index in [-0.39, 0.29) is 10.5 Å². The highest BCUT2D eigenvalue weighted by atomic mass is 16.6. The zero-order chi connectivity index (χ0) is 7.40. The third-order valence-corrected chi connectivity index (χ3v) is 1.05. The maximum Gasteiger partial charge on any atom is 0.244 e. The molecule has 0 amide bonds. The molecule has 0 aliphatic heterocycles. The molecular weight excluding hydrogens is 132 g/mol. The van der Waals surface area contributed by atoms with Crippen molar-refractivity contribution in [3.8, 4) is 0 Å². The highest BCUT2D eigenvalue weighted by molar-refractivity contribution is 5.27. The van der Waals surface area contributed by atoms with Gasteiger partial charge in [-0.3, -0.25) is 0 Å². The predicted molar refractivity (Wildman–Crippen MR) is 35.5 cm³/mol. The molecule has 0 bridgehead atoms. The van der Waals surface area contributed by atoms with Crippen LogP contribution in [0.2, 0.25) is 0 Å². The van der Waals surface area contributed by atoms with Gasteiger partial charge in [-0.1, -0.05) is 23.1 Å². The fraction of sp³-hybridized carbons (Fsp3) is 0. The molecule has 1 aromatic carbocycles. The molecule has 0 saturated carbocycles. The van der Waals surface area contributed by atoms with Gasteiger partial charge in [0.25, 0.3) is 0 Å². The summed E-state index contributed by atoms with van der Waals surface area (Å²) in [6.45, 7) is 0. The summed E-state index contributed by atoms with van der Waals surface area (Å²) in [5, 5.41) is 22.3. The lowest BCUT2D eigenvalue weighted by Crippen LogP contribution is -1.87. The van der Waals surface area contributed by atoms with Gasteiger partial charge in [0, 0.05) is 12.1 Å². The second-order valence-electron chi connectivity index (χ2n) is 1.69. The quantitative estimate of drug-likeness (QED) is 0.336. The van der Waals surface area contributed by atoms with Crippen molar-refractivity contribution in [1.29, 1.82) is 0 Å². The van der Waals surface area contributed by atoms with E-state index in [4.69, 9.17) is 0 Å². The zero-order valence-corrected chi connectivity index (χ0v) is 5.10. The standard InChI is InChI=1S/C6H6N2O2/c9-7-8(10)6-4-2-1-3-5-6/h1-5,9H/p-1/b8-7-. The molecule has 52 valence electrons. The molecule has 0 aliphatic carbocycles. The van der Waals surface area contributed by atoms with Crippen LogP contribution in [0.5, 0.6) is 0 Å². The van der Waals surface area contributed by atoms with E-state index >= 15 is 0 Å². The number of rotatable bonds is 1. The lowest BCUT2D eigenvalue weighted by atomic mass is 10.3. The van der Waals surface area contributed by atoms with Gasteiger partial charge in [-0.25, -0.2) is 0 Å². The van der Waals surface area contributed by atoms with Crippen molar-refractivity contribution in [2.75, 3.05) is 0 Å². The summed E-state index contributed by atoms with van der Waals surface area (Å²) in [6, 6.07) is 8.09. The van der Waals surface area contributed by atoms with Crippen LogP contribution in [0.4, 0.5) is 5.69 Å². The van der Waals surface area contributed by atoms with E-state index in [9.17, 15) is 10.4 Å².